The largest absolute Gasteiger partial charge is 0.352 e. The molecule has 2 aromatic carbocycles. The minimum absolute atomic E-state index is 0.0537. The minimum atomic E-state index is 0.0537. The van der Waals surface area contributed by atoms with Gasteiger partial charge in [-0.05, 0) is 36.6 Å². The second kappa shape index (κ2) is 4.32. The summed E-state index contributed by atoms with van der Waals surface area (Å²) < 4.78 is 1.81. The van der Waals surface area contributed by atoms with E-state index >= 15 is 0 Å². The molecule has 2 aromatic heterocycles. The molecule has 0 amide bonds. The third-order valence-corrected chi connectivity index (χ3v) is 4.81. The van der Waals surface area contributed by atoms with Crippen molar-refractivity contribution < 1.29 is 0 Å². The molecule has 0 saturated heterocycles. The summed E-state index contributed by atoms with van der Waals surface area (Å²) >= 11 is 0. The lowest BCUT2D eigenvalue weighted by molar-refractivity contribution is 0.653. The number of hydrogen-bond acceptors (Lipinski definition) is 2. The van der Waals surface area contributed by atoms with Gasteiger partial charge in [-0.1, -0.05) is 30.3 Å². The van der Waals surface area contributed by atoms with Crippen LogP contribution in [-0.4, -0.2) is 14.5 Å². The second-order valence-electron chi connectivity index (χ2n) is 6.14. The van der Waals surface area contributed by atoms with Crippen LogP contribution in [0.15, 0.2) is 47.3 Å². The molecule has 4 aromatic rings. The minimum Gasteiger partial charge on any atom is -0.352 e. The van der Waals surface area contributed by atoms with E-state index in [1.807, 2.05) is 31.2 Å². The molecule has 0 bridgehead atoms. The van der Waals surface area contributed by atoms with Crippen molar-refractivity contribution in [3.63, 3.8) is 0 Å². The molecule has 0 saturated carbocycles. The Morgan fingerprint density at radius 2 is 1.91 bits per heavy atom. The van der Waals surface area contributed by atoms with Gasteiger partial charge in [-0.3, -0.25) is 9.36 Å². The van der Waals surface area contributed by atoms with E-state index in [0.717, 1.165) is 34.5 Å². The first kappa shape index (κ1) is 12.6. The molecular formula is C19H15N3O. The second-order valence-corrected chi connectivity index (χ2v) is 6.14. The van der Waals surface area contributed by atoms with Gasteiger partial charge in [-0.15, -0.1) is 0 Å². The van der Waals surface area contributed by atoms with Crippen molar-refractivity contribution in [2.75, 3.05) is 0 Å². The number of aromatic nitrogens is 3. The Bertz CT molecular complexity index is 1150. The van der Waals surface area contributed by atoms with Gasteiger partial charge >= 0.3 is 0 Å². The number of nitrogens with zero attached hydrogens (tertiary/aromatic N) is 2. The average Bonchev–Trinajstić information content (AvgIpc) is 2.95. The molecule has 3 heterocycles. The molecule has 0 fully saturated rings. The summed E-state index contributed by atoms with van der Waals surface area (Å²) in [5, 5.41) is 1.93. The highest BCUT2D eigenvalue weighted by molar-refractivity contribution is 5.91. The van der Waals surface area contributed by atoms with Crippen molar-refractivity contribution in [1.82, 2.24) is 14.5 Å². The van der Waals surface area contributed by atoms with Gasteiger partial charge in [0.05, 0.1) is 16.6 Å². The standard InChI is InChI=1S/C19H15N3O/c1-11-5-4-7-14-16(11)21-18-17-13(9-10-22(18)19(14)23)12-6-2-3-8-15(12)20-17/h2-8,20H,9-10H2,1H3. The van der Waals surface area contributed by atoms with Gasteiger partial charge in [0.15, 0.2) is 5.82 Å². The summed E-state index contributed by atoms with van der Waals surface area (Å²) in [6.07, 6.45) is 0.852. The van der Waals surface area contributed by atoms with Gasteiger partial charge in [-0.2, -0.15) is 0 Å². The number of hydrogen-bond donors (Lipinski definition) is 1. The molecule has 0 aliphatic carbocycles. The number of para-hydroxylation sites is 2. The van der Waals surface area contributed by atoms with Crippen molar-refractivity contribution in [2.24, 2.45) is 0 Å². The molecular weight excluding hydrogens is 286 g/mol. The zero-order valence-electron chi connectivity index (χ0n) is 12.8. The van der Waals surface area contributed by atoms with Crippen LogP contribution >= 0.6 is 0 Å². The molecule has 23 heavy (non-hydrogen) atoms. The quantitative estimate of drug-likeness (QED) is 0.541. The Balaban J connectivity index is 1.94. The van der Waals surface area contributed by atoms with E-state index < -0.39 is 0 Å². The number of aryl methyl sites for hydroxylation is 2. The van der Waals surface area contributed by atoms with E-state index in [2.05, 4.69) is 23.2 Å². The lowest BCUT2D eigenvalue weighted by Crippen LogP contribution is -2.27. The van der Waals surface area contributed by atoms with Crippen LogP contribution in [0.5, 0.6) is 0 Å². The summed E-state index contributed by atoms with van der Waals surface area (Å²) in [6, 6.07) is 14.1. The summed E-state index contributed by atoms with van der Waals surface area (Å²) in [7, 11) is 0. The maximum absolute atomic E-state index is 12.9. The van der Waals surface area contributed by atoms with Crippen LogP contribution < -0.4 is 5.56 Å². The molecule has 1 aliphatic rings. The van der Waals surface area contributed by atoms with E-state index in [0.29, 0.717) is 11.9 Å². The van der Waals surface area contributed by atoms with E-state index in [9.17, 15) is 4.79 Å². The summed E-state index contributed by atoms with van der Waals surface area (Å²) in [6.45, 7) is 2.68. The Morgan fingerprint density at radius 3 is 2.83 bits per heavy atom. The SMILES string of the molecule is Cc1cccc2c(=O)n3c(nc12)-c1[nH]c2ccccc2c1CC3. The fourth-order valence-electron chi connectivity index (χ4n) is 3.66. The first-order valence-electron chi connectivity index (χ1n) is 7.84. The third-order valence-electron chi connectivity index (χ3n) is 4.81. The van der Waals surface area contributed by atoms with Crippen molar-refractivity contribution in [3.8, 4) is 11.5 Å². The topological polar surface area (TPSA) is 50.7 Å². The number of aromatic amines is 1. The molecule has 0 spiro atoms. The summed E-state index contributed by atoms with van der Waals surface area (Å²) in [4.78, 5) is 21.2. The predicted molar refractivity (Wildman–Crippen MR) is 91.7 cm³/mol. The first-order chi connectivity index (χ1) is 11.2. The van der Waals surface area contributed by atoms with Gasteiger partial charge in [0.25, 0.3) is 5.56 Å². The monoisotopic (exact) mass is 301 g/mol. The van der Waals surface area contributed by atoms with Crippen molar-refractivity contribution >= 4 is 21.8 Å². The van der Waals surface area contributed by atoms with Crippen molar-refractivity contribution in [2.45, 2.75) is 19.9 Å². The van der Waals surface area contributed by atoms with Gasteiger partial charge < -0.3 is 4.98 Å². The fraction of sp³-hybridized carbons (Fsp3) is 0.158. The van der Waals surface area contributed by atoms with Crippen LogP contribution in [-0.2, 0) is 13.0 Å². The number of benzene rings is 2. The maximum atomic E-state index is 12.9. The van der Waals surface area contributed by atoms with Crippen LogP contribution in [0.3, 0.4) is 0 Å². The smallest absolute Gasteiger partial charge is 0.261 e. The molecule has 0 atom stereocenters. The van der Waals surface area contributed by atoms with Gasteiger partial charge in [0, 0.05) is 17.4 Å². The Morgan fingerprint density at radius 1 is 1.09 bits per heavy atom. The fourth-order valence-corrected chi connectivity index (χ4v) is 3.66. The van der Waals surface area contributed by atoms with Crippen LogP contribution in [0.25, 0.3) is 33.3 Å². The third kappa shape index (κ3) is 1.60. The van der Waals surface area contributed by atoms with E-state index in [4.69, 9.17) is 4.98 Å². The number of H-pyrrole nitrogens is 1. The number of fused-ring (bicyclic) bond motifs is 6. The lowest BCUT2D eigenvalue weighted by Gasteiger charge is -2.19. The molecule has 1 N–H and O–H groups in total. The maximum Gasteiger partial charge on any atom is 0.261 e. The van der Waals surface area contributed by atoms with Crippen LogP contribution in [0, 0.1) is 6.92 Å². The summed E-state index contributed by atoms with van der Waals surface area (Å²) in [5.41, 5.74) is 5.24. The highest BCUT2D eigenvalue weighted by Crippen LogP contribution is 2.33. The van der Waals surface area contributed by atoms with Gasteiger partial charge in [-0.25, -0.2) is 4.98 Å². The lowest BCUT2D eigenvalue weighted by atomic mass is 10.0. The first-order valence-corrected chi connectivity index (χ1v) is 7.84. The van der Waals surface area contributed by atoms with Crippen LogP contribution in [0.1, 0.15) is 11.1 Å². The zero-order valence-corrected chi connectivity index (χ0v) is 12.8. The van der Waals surface area contributed by atoms with Crippen molar-refractivity contribution in [3.05, 3.63) is 63.9 Å². The summed E-state index contributed by atoms with van der Waals surface area (Å²) in [5.74, 6) is 0.759. The predicted octanol–water partition coefficient (Wildman–Crippen LogP) is 3.41. The highest BCUT2D eigenvalue weighted by atomic mass is 16.1. The molecule has 5 rings (SSSR count). The van der Waals surface area contributed by atoms with Gasteiger partial charge in [0.1, 0.15) is 0 Å². The molecule has 0 unspecified atom stereocenters. The van der Waals surface area contributed by atoms with E-state index in [1.54, 1.807) is 4.57 Å². The average molecular weight is 301 g/mol. The van der Waals surface area contributed by atoms with E-state index in [-0.39, 0.29) is 5.56 Å². The molecule has 4 heteroatoms. The van der Waals surface area contributed by atoms with Gasteiger partial charge in [0.2, 0.25) is 0 Å². The number of nitrogens with one attached hydrogen (secondary N) is 1. The molecule has 4 nitrogen and oxygen atoms in total. The molecule has 1 aliphatic heterocycles. The van der Waals surface area contributed by atoms with Crippen molar-refractivity contribution in [1.29, 1.82) is 0 Å². The number of rotatable bonds is 0. The Labute approximate surface area is 132 Å². The normalized spacial score (nSPS) is 13.3. The highest BCUT2D eigenvalue weighted by Gasteiger charge is 2.23. The van der Waals surface area contributed by atoms with Crippen LogP contribution in [0.2, 0.25) is 0 Å². The zero-order chi connectivity index (χ0) is 15.6. The molecule has 0 radical (unpaired) electrons. The Kier molecular flexibility index (Phi) is 2.37. The van der Waals surface area contributed by atoms with E-state index in [1.165, 1.54) is 10.9 Å². The Hall–Kier alpha value is -2.88. The van der Waals surface area contributed by atoms with Crippen LogP contribution in [0.4, 0.5) is 0 Å². The molecule has 112 valence electrons.